The molecular weight excluding hydrogens is 261 g/mol. The summed E-state index contributed by atoms with van der Waals surface area (Å²) in [6.45, 7) is -0.148. The number of hydrogen-bond acceptors (Lipinski definition) is 3. The number of carbonyl (C=O) groups is 1. The summed E-state index contributed by atoms with van der Waals surface area (Å²) in [7, 11) is 0. The van der Waals surface area contributed by atoms with Crippen molar-refractivity contribution in [2.45, 2.75) is 19.4 Å². The Bertz CT molecular complexity index is 387. The SMILES string of the molecule is O=C(Cl)OCc1cccc(OC(F)C(F)F)c1. The lowest BCUT2D eigenvalue weighted by molar-refractivity contribution is -0.0669. The van der Waals surface area contributed by atoms with E-state index in [4.69, 9.17) is 11.6 Å². The molecule has 0 aromatic heterocycles. The molecule has 17 heavy (non-hydrogen) atoms. The molecule has 0 heterocycles. The van der Waals surface area contributed by atoms with E-state index in [0.29, 0.717) is 5.56 Å². The van der Waals surface area contributed by atoms with Crippen molar-refractivity contribution in [3.8, 4) is 5.75 Å². The normalized spacial score (nSPS) is 12.3. The van der Waals surface area contributed by atoms with Crippen molar-refractivity contribution in [1.29, 1.82) is 0 Å². The third-order valence-electron chi connectivity index (χ3n) is 1.70. The van der Waals surface area contributed by atoms with E-state index in [1.165, 1.54) is 18.2 Å². The summed E-state index contributed by atoms with van der Waals surface area (Å²) in [5.41, 5.74) is -0.551. The molecule has 1 rings (SSSR count). The Morgan fingerprint density at radius 1 is 1.35 bits per heavy atom. The summed E-state index contributed by atoms with van der Waals surface area (Å²) in [5.74, 6) is -0.0825. The summed E-state index contributed by atoms with van der Waals surface area (Å²) < 4.78 is 45.1. The smallest absolute Gasteiger partial charge is 0.404 e. The second-order valence-electron chi connectivity index (χ2n) is 2.98. The molecular formula is C10H8ClF3O3. The molecule has 1 aromatic rings. The molecule has 1 aromatic carbocycles. The van der Waals surface area contributed by atoms with Crippen LogP contribution in [0, 0.1) is 0 Å². The standard InChI is InChI=1S/C10H8ClF3O3/c11-10(15)16-5-6-2-1-3-7(4-6)17-9(14)8(12)13/h1-4,8-9H,5H2. The fourth-order valence-corrected chi connectivity index (χ4v) is 1.08. The number of carbonyl (C=O) groups excluding carboxylic acids is 1. The zero-order chi connectivity index (χ0) is 12.8. The van der Waals surface area contributed by atoms with Gasteiger partial charge in [-0.25, -0.2) is 13.6 Å². The number of halogens is 4. The molecule has 0 radical (unpaired) electrons. The zero-order valence-electron chi connectivity index (χ0n) is 8.41. The Morgan fingerprint density at radius 2 is 2.06 bits per heavy atom. The van der Waals surface area contributed by atoms with Crippen LogP contribution < -0.4 is 4.74 Å². The summed E-state index contributed by atoms with van der Waals surface area (Å²) in [4.78, 5) is 10.3. The molecule has 1 atom stereocenters. The van der Waals surface area contributed by atoms with Gasteiger partial charge >= 0.3 is 11.9 Å². The number of ether oxygens (including phenoxy) is 2. The predicted octanol–water partition coefficient (Wildman–Crippen LogP) is 3.50. The summed E-state index contributed by atoms with van der Waals surface area (Å²) in [6.07, 6.45) is -5.92. The Labute approximate surface area is 100 Å². The average Bonchev–Trinajstić information content (AvgIpc) is 2.26. The lowest BCUT2D eigenvalue weighted by Crippen LogP contribution is -2.19. The quantitative estimate of drug-likeness (QED) is 0.767. The van der Waals surface area contributed by atoms with Crippen LogP contribution in [-0.2, 0) is 11.3 Å². The van der Waals surface area contributed by atoms with Crippen molar-refractivity contribution in [1.82, 2.24) is 0 Å². The minimum atomic E-state index is -3.22. The molecule has 0 bridgehead atoms. The van der Waals surface area contributed by atoms with Crippen molar-refractivity contribution < 1.29 is 27.4 Å². The predicted molar refractivity (Wildman–Crippen MR) is 54.0 cm³/mol. The van der Waals surface area contributed by atoms with E-state index in [2.05, 4.69) is 9.47 Å². The van der Waals surface area contributed by atoms with Gasteiger partial charge in [0.15, 0.2) is 0 Å². The van der Waals surface area contributed by atoms with Crippen molar-refractivity contribution in [3.63, 3.8) is 0 Å². The van der Waals surface area contributed by atoms with Crippen LogP contribution in [0.25, 0.3) is 0 Å². The first-order chi connectivity index (χ1) is 7.99. The van der Waals surface area contributed by atoms with Crippen LogP contribution in [0.2, 0.25) is 0 Å². The van der Waals surface area contributed by atoms with E-state index in [1.807, 2.05) is 0 Å². The van der Waals surface area contributed by atoms with Gasteiger partial charge in [-0.05, 0) is 17.7 Å². The summed E-state index contributed by atoms with van der Waals surface area (Å²) in [6, 6.07) is 5.57. The van der Waals surface area contributed by atoms with Crippen LogP contribution in [-0.4, -0.2) is 18.2 Å². The largest absolute Gasteiger partial charge is 0.454 e. The Balaban J connectivity index is 2.62. The summed E-state index contributed by atoms with van der Waals surface area (Å²) >= 11 is 4.94. The van der Waals surface area contributed by atoms with Gasteiger partial charge in [-0.2, -0.15) is 4.39 Å². The fourth-order valence-electron chi connectivity index (χ4n) is 1.03. The zero-order valence-corrected chi connectivity index (χ0v) is 9.16. The first-order valence-electron chi connectivity index (χ1n) is 4.49. The molecule has 7 heteroatoms. The Hall–Kier alpha value is -1.43. The third kappa shape index (κ3) is 4.95. The molecule has 94 valence electrons. The van der Waals surface area contributed by atoms with Gasteiger partial charge in [0.25, 0.3) is 6.36 Å². The maximum absolute atomic E-state index is 12.6. The van der Waals surface area contributed by atoms with Gasteiger partial charge in [-0.1, -0.05) is 12.1 Å². The van der Waals surface area contributed by atoms with Crippen molar-refractivity contribution in [3.05, 3.63) is 29.8 Å². The van der Waals surface area contributed by atoms with Crippen LogP contribution in [0.15, 0.2) is 24.3 Å². The fraction of sp³-hybridized carbons (Fsp3) is 0.300. The van der Waals surface area contributed by atoms with Gasteiger partial charge in [0, 0.05) is 11.6 Å². The van der Waals surface area contributed by atoms with Crippen LogP contribution in [0.1, 0.15) is 5.56 Å². The minimum Gasteiger partial charge on any atom is -0.454 e. The monoisotopic (exact) mass is 268 g/mol. The number of hydrogen-bond donors (Lipinski definition) is 0. The average molecular weight is 269 g/mol. The van der Waals surface area contributed by atoms with Crippen molar-refractivity contribution in [2.24, 2.45) is 0 Å². The van der Waals surface area contributed by atoms with Gasteiger partial charge in [0.2, 0.25) is 0 Å². The molecule has 1 unspecified atom stereocenters. The second-order valence-corrected chi connectivity index (χ2v) is 3.29. The van der Waals surface area contributed by atoms with E-state index in [9.17, 15) is 18.0 Å². The van der Waals surface area contributed by atoms with Gasteiger partial charge < -0.3 is 9.47 Å². The van der Waals surface area contributed by atoms with E-state index >= 15 is 0 Å². The molecule has 0 fully saturated rings. The van der Waals surface area contributed by atoms with Crippen molar-refractivity contribution in [2.75, 3.05) is 0 Å². The Morgan fingerprint density at radius 3 is 2.65 bits per heavy atom. The number of benzene rings is 1. The van der Waals surface area contributed by atoms with Gasteiger partial charge in [-0.15, -0.1) is 0 Å². The maximum Gasteiger partial charge on any atom is 0.404 e. The van der Waals surface area contributed by atoms with E-state index in [-0.39, 0.29) is 12.4 Å². The molecule has 3 nitrogen and oxygen atoms in total. The topological polar surface area (TPSA) is 35.5 Å². The molecule has 0 aliphatic rings. The number of alkyl halides is 3. The molecule has 0 aliphatic heterocycles. The van der Waals surface area contributed by atoms with Gasteiger partial charge in [0.05, 0.1) is 0 Å². The molecule has 0 amide bonds. The molecule has 0 aliphatic carbocycles. The highest BCUT2D eigenvalue weighted by atomic mass is 35.5. The van der Waals surface area contributed by atoms with E-state index in [0.717, 1.165) is 0 Å². The van der Waals surface area contributed by atoms with Crippen LogP contribution >= 0.6 is 11.6 Å². The first-order valence-corrected chi connectivity index (χ1v) is 4.87. The first kappa shape index (κ1) is 13.6. The highest BCUT2D eigenvalue weighted by Gasteiger charge is 2.20. The van der Waals surface area contributed by atoms with Crippen molar-refractivity contribution >= 4 is 17.0 Å². The van der Waals surface area contributed by atoms with Gasteiger partial charge in [0.1, 0.15) is 12.4 Å². The molecule has 0 N–H and O–H groups in total. The highest BCUT2D eigenvalue weighted by Crippen LogP contribution is 2.18. The van der Waals surface area contributed by atoms with Gasteiger partial charge in [-0.3, -0.25) is 0 Å². The van der Waals surface area contributed by atoms with Crippen LogP contribution in [0.5, 0.6) is 5.75 Å². The maximum atomic E-state index is 12.6. The molecule has 0 saturated carbocycles. The molecule has 0 saturated heterocycles. The molecule has 0 spiro atoms. The highest BCUT2D eigenvalue weighted by molar-refractivity contribution is 6.61. The van der Waals surface area contributed by atoms with E-state index < -0.39 is 18.2 Å². The third-order valence-corrected chi connectivity index (χ3v) is 1.81. The second kappa shape index (κ2) is 6.34. The van der Waals surface area contributed by atoms with Crippen LogP contribution in [0.4, 0.5) is 18.0 Å². The lowest BCUT2D eigenvalue weighted by atomic mass is 10.2. The Kier molecular flexibility index (Phi) is 5.09. The summed E-state index contributed by atoms with van der Waals surface area (Å²) in [5, 5.41) is 0. The lowest BCUT2D eigenvalue weighted by Gasteiger charge is -2.11. The number of rotatable bonds is 5. The minimum absolute atomic E-state index is 0.0825. The van der Waals surface area contributed by atoms with E-state index in [1.54, 1.807) is 6.07 Å². The van der Waals surface area contributed by atoms with Crippen LogP contribution in [0.3, 0.4) is 0 Å².